The molecule has 0 amide bonds. The van der Waals surface area contributed by atoms with Crippen molar-refractivity contribution in [2.75, 3.05) is 26.0 Å². The minimum atomic E-state index is 0.0593. The van der Waals surface area contributed by atoms with Crippen LogP contribution in [0.3, 0.4) is 0 Å². The van der Waals surface area contributed by atoms with Crippen molar-refractivity contribution in [1.82, 2.24) is 14.9 Å². The maximum atomic E-state index is 5.94. The van der Waals surface area contributed by atoms with E-state index in [0.29, 0.717) is 5.15 Å². The van der Waals surface area contributed by atoms with Crippen LogP contribution in [0.5, 0.6) is 0 Å². The Hall–Kier alpha value is -0.870. The highest BCUT2D eigenvalue weighted by Crippen LogP contribution is 2.15. The van der Waals surface area contributed by atoms with Gasteiger partial charge < -0.3 is 10.2 Å². The number of hydrogen-bond donors (Lipinski definition) is 1. The van der Waals surface area contributed by atoms with Crippen LogP contribution in [-0.2, 0) is 6.42 Å². The first-order chi connectivity index (χ1) is 7.85. The molecule has 0 atom stereocenters. The van der Waals surface area contributed by atoms with E-state index in [9.17, 15) is 0 Å². The smallest absolute Gasteiger partial charge is 0.134 e. The summed E-state index contributed by atoms with van der Waals surface area (Å²) >= 11 is 5.94. The zero-order chi connectivity index (χ0) is 13.1. The molecular formula is C12H21ClN4. The van der Waals surface area contributed by atoms with Crippen molar-refractivity contribution in [3.8, 4) is 0 Å². The summed E-state index contributed by atoms with van der Waals surface area (Å²) in [6.07, 6.45) is 0.784. The number of rotatable bonds is 5. The lowest BCUT2D eigenvalue weighted by molar-refractivity contribution is 0.210. The number of nitrogens with one attached hydrogen (secondary N) is 1. The van der Waals surface area contributed by atoms with Gasteiger partial charge in [-0.1, -0.05) is 18.5 Å². The summed E-state index contributed by atoms with van der Waals surface area (Å²) in [7, 11) is 4.12. The van der Waals surface area contributed by atoms with Gasteiger partial charge in [-0.05, 0) is 27.9 Å². The lowest BCUT2D eigenvalue weighted by atomic mass is 10.0. The molecule has 1 rings (SSSR count). The Morgan fingerprint density at radius 3 is 2.53 bits per heavy atom. The molecule has 0 saturated carbocycles. The number of aryl methyl sites for hydroxylation is 1. The van der Waals surface area contributed by atoms with Crippen LogP contribution < -0.4 is 5.32 Å². The first kappa shape index (κ1) is 14.2. The number of hydrogen-bond acceptors (Lipinski definition) is 4. The van der Waals surface area contributed by atoms with Crippen molar-refractivity contribution in [1.29, 1.82) is 0 Å². The number of nitrogens with zero attached hydrogens (tertiary/aromatic N) is 3. The van der Waals surface area contributed by atoms with Crippen LogP contribution in [0, 0.1) is 0 Å². The largest absolute Gasteiger partial charge is 0.368 e. The van der Waals surface area contributed by atoms with E-state index in [2.05, 4.69) is 48.1 Å². The van der Waals surface area contributed by atoms with Crippen molar-refractivity contribution >= 4 is 17.4 Å². The van der Waals surface area contributed by atoms with E-state index in [1.54, 1.807) is 6.07 Å². The first-order valence-corrected chi connectivity index (χ1v) is 6.17. The normalized spacial score (nSPS) is 11.9. The molecule has 0 aliphatic heterocycles. The zero-order valence-electron chi connectivity index (χ0n) is 11.2. The third kappa shape index (κ3) is 4.13. The van der Waals surface area contributed by atoms with Crippen LogP contribution in [0.1, 0.15) is 26.6 Å². The summed E-state index contributed by atoms with van der Waals surface area (Å²) in [4.78, 5) is 10.7. The van der Waals surface area contributed by atoms with Crippen molar-refractivity contribution in [3.05, 3.63) is 17.0 Å². The Balaban J connectivity index is 2.72. The second-order valence-corrected chi connectivity index (χ2v) is 5.29. The fourth-order valence-corrected chi connectivity index (χ4v) is 1.38. The average Bonchev–Trinajstić information content (AvgIpc) is 2.25. The highest BCUT2D eigenvalue weighted by Gasteiger charge is 2.20. The number of halogens is 1. The van der Waals surface area contributed by atoms with Gasteiger partial charge in [0.05, 0.1) is 0 Å². The molecule has 5 heteroatoms. The molecule has 0 unspecified atom stereocenters. The van der Waals surface area contributed by atoms with Crippen LogP contribution in [0.4, 0.5) is 5.82 Å². The molecule has 0 radical (unpaired) electrons. The summed E-state index contributed by atoms with van der Waals surface area (Å²) in [6.45, 7) is 7.16. The monoisotopic (exact) mass is 256 g/mol. The Labute approximate surface area is 108 Å². The summed E-state index contributed by atoms with van der Waals surface area (Å²) in [6, 6.07) is 1.76. The Kier molecular flexibility index (Phi) is 4.71. The van der Waals surface area contributed by atoms with E-state index in [-0.39, 0.29) is 5.54 Å². The van der Waals surface area contributed by atoms with Gasteiger partial charge in [-0.3, -0.25) is 0 Å². The van der Waals surface area contributed by atoms with Crippen molar-refractivity contribution in [3.63, 3.8) is 0 Å². The number of aromatic nitrogens is 2. The number of anilines is 1. The lowest BCUT2D eigenvalue weighted by Gasteiger charge is -2.32. The van der Waals surface area contributed by atoms with Gasteiger partial charge in [-0.2, -0.15) is 0 Å². The fraction of sp³-hybridized carbons (Fsp3) is 0.667. The third-order valence-corrected chi connectivity index (χ3v) is 3.16. The maximum absolute atomic E-state index is 5.94. The highest BCUT2D eigenvalue weighted by atomic mass is 35.5. The Morgan fingerprint density at radius 2 is 2.00 bits per heavy atom. The van der Waals surface area contributed by atoms with Gasteiger partial charge in [0.1, 0.15) is 16.8 Å². The fourth-order valence-electron chi connectivity index (χ4n) is 1.18. The molecule has 4 nitrogen and oxygen atoms in total. The van der Waals surface area contributed by atoms with Gasteiger partial charge in [0.2, 0.25) is 0 Å². The summed E-state index contributed by atoms with van der Waals surface area (Å²) in [5.41, 5.74) is 0.0593. The quantitative estimate of drug-likeness (QED) is 0.822. The van der Waals surface area contributed by atoms with Crippen LogP contribution in [0.25, 0.3) is 0 Å². The third-order valence-electron chi connectivity index (χ3n) is 2.97. The zero-order valence-corrected chi connectivity index (χ0v) is 12.0. The lowest BCUT2D eigenvalue weighted by Crippen LogP contribution is -2.44. The van der Waals surface area contributed by atoms with E-state index < -0.39 is 0 Å². The minimum Gasteiger partial charge on any atom is -0.368 e. The van der Waals surface area contributed by atoms with Crippen molar-refractivity contribution < 1.29 is 0 Å². The van der Waals surface area contributed by atoms with Crippen LogP contribution >= 0.6 is 11.6 Å². The highest BCUT2D eigenvalue weighted by molar-refractivity contribution is 6.29. The SMILES string of the molecule is CCc1nc(Cl)cc(NCC(C)(C)N(C)C)n1. The predicted octanol–water partition coefficient (Wildman–Crippen LogP) is 2.44. The van der Waals surface area contributed by atoms with Crippen LogP contribution in [-0.4, -0.2) is 41.0 Å². The molecule has 0 aliphatic carbocycles. The molecule has 0 fully saturated rings. The minimum absolute atomic E-state index is 0.0593. The molecular weight excluding hydrogens is 236 g/mol. The van der Waals surface area contributed by atoms with Gasteiger partial charge in [-0.25, -0.2) is 9.97 Å². The molecule has 0 spiro atoms. The molecule has 0 aromatic carbocycles. The van der Waals surface area contributed by atoms with Crippen LogP contribution in [0.2, 0.25) is 5.15 Å². The summed E-state index contributed by atoms with van der Waals surface area (Å²) in [5.74, 6) is 1.56. The first-order valence-electron chi connectivity index (χ1n) is 5.80. The Bertz CT molecular complexity index is 377. The van der Waals surface area contributed by atoms with Gasteiger partial charge in [0, 0.05) is 24.6 Å². The van der Waals surface area contributed by atoms with E-state index in [4.69, 9.17) is 11.6 Å². The molecule has 0 bridgehead atoms. The average molecular weight is 257 g/mol. The second kappa shape index (κ2) is 5.65. The van der Waals surface area contributed by atoms with E-state index in [0.717, 1.165) is 24.6 Å². The van der Waals surface area contributed by atoms with E-state index in [1.807, 2.05) is 6.92 Å². The molecule has 17 heavy (non-hydrogen) atoms. The predicted molar refractivity (Wildman–Crippen MR) is 72.7 cm³/mol. The van der Waals surface area contributed by atoms with E-state index >= 15 is 0 Å². The van der Waals surface area contributed by atoms with Gasteiger partial charge in [0.15, 0.2) is 0 Å². The second-order valence-electron chi connectivity index (χ2n) is 4.91. The molecule has 1 heterocycles. The van der Waals surface area contributed by atoms with E-state index in [1.165, 1.54) is 0 Å². The standard InChI is InChI=1S/C12H21ClN4/c1-6-10-15-9(13)7-11(16-10)14-8-12(2,3)17(4)5/h7H,6,8H2,1-5H3,(H,14,15,16). The molecule has 1 N–H and O–H groups in total. The summed E-state index contributed by atoms with van der Waals surface area (Å²) in [5, 5.41) is 3.79. The molecule has 1 aromatic rings. The molecule has 96 valence electrons. The number of likely N-dealkylation sites (N-methyl/N-ethyl adjacent to an activating group) is 1. The van der Waals surface area contributed by atoms with Crippen molar-refractivity contribution in [2.24, 2.45) is 0 Å². The van der Waals surface area contributed by atoms with Crippen molar-refractivity contribution in [2.45, 2.75) is 32.7 Å². The summed E-state index contributed by atoms with van der Waals surface area (Å²) < 4.78 is 0. The van der Waals surface area contributed by atoms with Gasteiger partial charge in [0.25, 0.3) is 0 Å². The van der Waals surface area contributed by atoms with Gasteiger partial charge in [-0.15, -0.1) is 0 Å². The molecule has 0 saturated heterocycles. The van der Waals surface area contributed by atoms with Crippen LogP contribution in [0.15, 0.2) is 6.07 Å². The topological polar surface area (TPSA) is 41.1 Å². The van der Waals surface area contributed by atoms with Gasteiger partial charge >= 0.3 is 0 Å². The Morgan fingerprint density at radius 1 is 1.35 bits per heavy atom. The maximum Gasteiger partial charge on any atom is 0.134 e. The molecule has 1 aromatic heterocycles. The molecule has 0 aliphatic rings.